The zero-order valence-corrected chi connectivity index (χ0v) is 11.4. The summed E-state index contributed by atoms with van der Waals surface area (Å²) < 4.78 is 71.1. The molecular formula is C12H13F5N2O3. The van der Waals surface area contributed by atoms with Gasteiger partial charge in [0.25, 0.3) is 6.43 Å². The van der Waals surface area contributed by atoms with E-state index in [-0.39, 0.29) is 12.2 Å². The van der Waals surface area contributed by atoms with E-state index >= 15 is 0 Å². The van der Waals surface area contributed by atoms with Crippen LogP contribution in [0.15, 0.2) is 6.20 Å². The van der Waals surface area contributed by atoms with Crippen molar-refractivity contribution in [2.45, 2.75) is 32.7 Å². The number of halogens is 5. The molecule has 0 saturated heterocycles. The quantitative estimate of drug-likeness (QED) is 0.641. The van der Waals surface area contributed by atoms with Gasteiger partial charge in [0.2, 0.25) is 0 Å². The molecule has 10 heteroatoms. The second-order valence-electron chi connectivity index (χ2n) is 4.00. The molecule has 0 spiro atoms. The maximum atomic E-state index is 12.9. The van der Waals surface area contributed by atoms with Crippen molar-refractivity contribution in [3.8, 4) is 5.75 Å². The average Bonchev–Trinajstić information content (AvgIpc) is 2.37. The van der Waals surface area contributed by atoms with Gasteiger partial charge in [-0.2, -0.15) is 0 Å². The van der Waals surface area contributed by atoms with Crippen molar-refractivity contribution in [3.63, 3.8) is 0 Å². The van der Waals surface area contributed by atoms with Gasteiger partial charge in [0.15, 0.2) is 5.75 Å². The molecule has 1 rings (SSSR count). The first-order chi connectivity index (χ1) is 10.2. The van der Waals surface area contributed by atoms with E-state index in [1.807, 2.05) is 0 Å². The maximum absolute atomic E-state index is 12.9. The molecule has 0 aliphatic heterocycles. The molecule has 2 N–H and O–H groups in total. The third-order valence-electron chi connectivity index (χ3n) is 2.55. The molecule has 0 atom stereocenters. The Morgan fingerprint density at radius 3 is 2.45 bits per heavy atom. The predicted octanol–water partition coefficient (Wildman–Crippen LogP) is 2.48. The van der Waals surface area contributed by atoms with Crippen LogP contribution in [0.5, 0.6) is 5.75 Å². The highest BCUT2D eigenvalue weighted by Gasteiger charge is 2.34. The van der Waals surface area contributed by atoms with Gasteiger partial charge in [-0.1, -0.05) is 0 Å². The third kappa shape index (κ3) is 4.79. The van der Waals surface area contributed by atoms with E-state index in [0.717, 1.165) is 0 Å². The molecule has 1 heterocycles. The van der Waals surface area contributed by atoms with Crippen LogP contribution in [0, 0.1) is 0 Å². The lowest BCUT2D eigenvalue weighted by atomic mass is 10.0. The molecule has 22 heavy (non-hydrogen) atoms. The molecular weight excluding hydrogens is 315 g/mol. The largest absolute Gasteiger partial charge is 0.573 e. The molecule has 5 nitrogen and oxygen atoms in total. The van der Waals surface area contributed by atoms with Gasteiger partial charge in [0.05, 0.1) is 19.2 Å². The zero-order valence-electron chi connectivity index (χ0n) is 11.4. The average molecular weight is 328 g/mol. The minimum Gasteiger partial charge on any atom is -0.466 e. The van der Waals surface area contributed by atoms with E-state index in [1.54, 1.807) is 0 Å². The lowest BCUT2D eigenvalue weighted by molar-refractivity contribution is -0.275. The summed E-state index contributed by atoms with van der Waals surface area (Å²) in [6, 6.07) is 0. The minimum absolute atomic E-state index is 0.00697. The van der Waals surface area contributed by atoms with Crippen LogP contribution in [0.3, 0.4) is 0 Å². The highest BCUT2D eigenvalue weighted by atomic mass is 19.4. The van der Waals surface area contributed by atoms with Crippen molar-refractivity contribution in [1.29, 1.82) is 0 Å². The van der Waals surface area contributed by atoms with Crippen LogP contribution in [0.1, 0.15) is 30.2 Å². The molecule has 0 aromatic carbocycles. The summed E-state index contributed by atoms with van der Waals surface area (Å²) in [5, 5.41) is 0. The Hall–Kier alpha value is -1.97. The van der Waals surface area contributed by atoms with Crippen LogP contribution in [-0.4, -0.2) is 23.9 Å². The van der Waals surface area contributed by atoms with Gasteiger partial charge in [-0.05, 0) is 12.5 Å². The molecule has 0 unspecified atom stereocenters. The van der Waals surface area contributed by atoms with E-state index in [0.29, 0.717) is 6.20 Å². The summed E-state index contributed by atoms with van der Waals surface area (Å²) in [5.74, 6) is -1.70. The van der Waals surface area contributed by atoms with E-state index in [2.05, 4.69) is 14.5 Å². The fraction of sp³-hybridized carbons (Fsp3) is 0.500. The van der Waals surface area contributed by atoms with E-state index in [4.69, 9.17) is 5.73 Å². The molecule has 0 fully saturated rings. The summed E-state index contributed by atoms with van der Waals surface area (Å²) >= 11 is 0. The molecule has 0 aliphatic rings. The second-order valence-corrected chi connectivity index (χ2v) is 4.00. The van der Waals surface area contributed by atoms with E-state index in [1.165, 1.54) is 6.92 Å². The maximum Gasteiger partial charge on any atom is 0.573 e. The fourth-order valence-electron chi connectivity index (χ4n) is 1.77. The smallest absolute Gasteiger partial charge is 0.466 e. The SMILES string of the molecule is CCOC(=O)Cc1c(C(F)F)ncc(OC(F)(F)F)c1CN. The van der Waals surface area contributed by atoms with Gasteiger partial charge in [-0.15, -0.1) is 13.2 Å². The molecule has 0 aliphatic carbocycles. The van der Waals surface area contributed by atoms with Crippen LogP contribution in [0.2, 0.25) is 0 Å². The third-order valence-corrected chi connectivity index (χ3v) is 2.55. The van der Waals surface area contributed by atoms with Gasteiger partial charge in [-0.3, -0.25) is 9.78 Å². The van der Waals surface area contributed by atoms with Crippen LogP contribution in [-0.2, 0) is 22.5 Å². The van der Waals surface area contributed by atoms with Gasteiger partial charge in [0, 0.05) is 12.1 Å². The Bertz CT molecular complexity index is 534. The number of aromatic nitrogens is 1. The number of carbonyl (C=O) groups is 1. The monoisotopic (exact) mass is 328 g/mol. The number of esters is 1. The first-order valence-electron chi connectivity index (χ1n) is 6.09. The standard InChI is InChI=1S/C12H13F5N2O3/c1-2-21-9(20)3-6-7(4-18)8(22-12(15,16)17)5-19-10(6)11(13)14/h5,11H,2-4,18H2,1H3. The molecule has 0 saturated carbocycles. The first-order valence-corrected chi connectivity index (χ1v) is 6.09. The zero-order chi connectivity index (χ0) is 16.9. The number of ether oxygens (including phenoxy) is 2. The van der Waals surface area contributed by atoms with Crippen molar-refractivity contribution in [3.05, 3.63) is 23.0 Å². The highest BCUT2D eigenvalue weighted by molar-refractivity contribution is 5.74. The molecule has 1 aromatic rings. The number of hydrogen-bond acceptors (Lipinski definition) is 5. The number of nitrogens with two attached hydrogens (primary N) is 1. The van der Waals surface area contributed by atoms with Crippen molar-refractivity contribution >= 4 is 5.97 Å². The van der Waals surface area contributed by atoms with Crippen LogP contribution in [0.4, 0.5) is 22.0 Å². The number of carbonyl (C=O) groups excluding carboxylic acids is 1. The summed E-state index contributed by atoms with van der Waals surface area (Å²) in [7, 11) is 0. The minimum atomic E-state index is -5.04. The topological polar surface area (TPSA) is 74.4 Å². The summed E-state index contributed by atoms with van der Waals surface area (Å²) in [6.07, 6.45) is -8.30. The molecule has 124 valence electrons. The highest BCUT2D eigenvalue weighted by Crippen LogP contribution is 2.32. The van der Waals surface area contributed by atoms with Crippen LogP contribution in [0.25, 0.3) is 0 Å². The number of hydrogen-bond donors (Lipinski definition) is 1. The van der Waals surface area contributed by atoms with Crippen molar-refractivity contribution in [2.75, 3.05) is 6.61 Å². The van der Waals surface area contributed by atoms with E-state index in [9.17, 15) is 26.7 Å². The summed E-state index contributed by atoms with van der Waals surface area (Å²) in [4.78, 5) is 14.7. The van der Waals surface area contributed by atoms with Gasteiger partial charge in [0.1, 0.15) is 5.69 Å². The van der Waals surface area contributed by atoms with Crippen LogP contribution < -0.4 is 10.5 Å². The lowest BCUT2D eigenvalue weighted by Crippen LogP contribution is -2.21. The van der Waals surface area contributed by atoms with Crippen LogP contribution >= 0.6 is 0 Å². The Morgan fingerprint density at radius 2 is 2.00 bits per heavy atom. The van der Waals surface area contributed by atoms with Crippen molar-refractivity contribution < 1.29 is 36.2 Å². The lowest BCUT2D eigenvalue weighted by Gasteiger charge is -2.17. The fourth-order valence-corrected chi connectivity index (χ4v) is 1.77. The number of alkyl halides is 5. The Kier molecular flexibility index (Phi) is 6.03. The number of rotatable bonds is 6. The Morgan fingerprint density at radius 1 is 1.36 bits per heavy atom. The first kappa shape index (κ1) is 18.1. The molecule has 1 aromatic heterocycles. The predicted molar refractivity (Wildman–Crippen MR) is 64.1 cm³/mol. The van der Waals surface area contributed by atoms with Gasteiger partial charge < -0.3 is 15.2 Å². The Balaban J connectivity index is 3.32. The van der Waals surface area contributed by atoms with Crippen molar-refractivity contribution in [1.82, 2.24) is 4.98 Å². The number of nitrogens with zero attached hydrogens (tertiary/aromatic N) is 1. The molecule has 0 bridgehead atoms. The molecule has 0 amide bonds. The summed E-state index contributed by atoms with van der Waals surface area (Å²) in [5.41, 5.74) is 3.70. The van der Waals surface area contributed by atoms with Gasteiger partial charge in [-0.25, -0.2) is 8.78 Å². The second kappa shape index (κ2) is 7.34. The van der Waals surface area contributed by atoms with Crippen molar-refractivity contribution in [2.24, 2.45) is 5.73 Å². The Labute approximate surface area is 122 Å². The summed E-state index contributed by atoms with van der Waals surface area (Å²) in [6.45, 7) is 0.951. The normalized spacial score (nSPS) is 11.6. The molecule has 0 radical (unpaired) electrons. The van der Waals surface area contributed by atoms with E-state index < -0.39 is 48.7 Å². The number of pyridine rings is 1. The van der Waals surface area contributed by atoms with Gasteiger partial charge >= 0.3 is 12.3 Å².